The molecule has 0 aliphatic rings. The fourth-order valence-electron chi connectivity index (χ4n) is 1.68. The maximum absolute atomic E-state index is 5.61. The van der Waals surface area contributed by atoms with Crippen molar-refractivity contribution in [3.63, 3.8) is 0 Å². The van der Waals surface area contributed by atoms with E-state index in [1.807, 2.05) is 18.2 Å². The molecule has 5 heteroatoms. The van der Waals surface area contributed by atoms with Crippen molar-refractivity contribution in [3.8, 4) is 11.5 Å². The van der Waals surface area contributed by atoms with Gasteiger partial charge in [-0.2, -0.15) is 11.8 Å². The number of ether oxygens (including phenoxy) is 2. The van der Waals surface area contributed by atoms with Crippen molar-refractivity contribution in [3.05, 3.63) is 23.8 Å². The number of hydrogen-bond donors (Lipinski definition) is 2. The number of thioether (sulfide) groups is 1. The molecule has 1 atom stereocenters. The summed E-state index contributed by atoms with van der Waals surface area (Å²) >= 11 is 1.80. The first-order valence-electron chi connectivity index (χ1n) is 5.43. The molecule has 1 rings (SSSR count). The summed E-state index contributed by atoms with van der Waals surface area (Å²) in [4.78, 5) is 0. The molecule has 1 aromatic rings. The second kappa shape index (κ2) is 7.42. The molecule has 0 saturated carbocycles. The van der Waals surface area contributed by atoms with E-state index in [4.69, 9.17) is 15.3 Å². The van der Waals surface area contributed by atoms with Gasteiger partial charge in [-0.3, -0.25) is 11.3 Å². The lowest BCUT2D eigenvalue weighted by molar-refractivity contribution is 0.389. The van der Waals surface area contributed by atoms with Crippen LogP contribution >= 0.6 is 11.8 Å². The van der Waals surface area contributed by atoms with Gasteiger partial charge in [0.15, 0.2) is 0 Å². The second-order valence-electron chi connectivity index (χ2n) is 3.61. The van der Waals surface area contributed by atoms with Crippen LogP contribution in [0.15, 0.2) is 18.2 Å². The van der Waals surface area contributed by atoms with Crippen molar-refractivity contribution in [2.75, 3.05) is 26.2 Å². The second-order valence-corrected chi connectivity index (χ2v) is 4.59. The lowest BCUT2D eigenvalue weighted by Gasteiger charge is -2.19. The molecular formula is C12H20N2O2S. The molecular weight excluding hydrogens is 236 g/mol. The maximum atomic E-state index is 5.61. The molecule has 0 fully saturated rings. The molecule has 0 radical (unpaired) electrons. The molecule has 3 N–H and O–H groups in total. The van der Waals surface area contributed by atoms with E-state index in [2.05, 4.69) is 11.7 Å². The van der Waals surface area contributed by atoms with Gasteiger partial charge in [0.05, 0.1) is 20.3 Å². The molecule has 17 heavy (non-hydrogen) atoms. The van der Waals surface area contributed by atoms with E-state index < -0.39 is 0 Å². The van der Waals surface area contributed by atoms with Crippen LogP contribution in [0.2, 0.25) is 0 Å². The van der Waals surface area contributed by atoms with Crippen LogP contribution in [0, 0.1) is 0 Å². The Labute approximate surface area is 107 Å². The largest absolute Gasteiger partial charge is 0.497 e. The average molecular weight is 256 g/mol. The minimum Gasteiger partial charge on any atom is -0.497 e. The quantitative estimate of drug-likeness (QED) is 0.577. The standard InChI is InChI=1S/C12H20N2O2S/c1-15-9-4-5-12(16-2)10(8-9)11(14-13)6-7-17-3/h4-5,8,11,14H,6-7,13H2,1-3H3. The molecule has 1 unspecified atom stereocenters. The molecule has 0 heterocycles. The topological polar surface area (TPSA) is 56.5 Å². The summed E-state index contributed by atoms with van der Waals surface area (Å²) in [6, 6.07) is 5.82. The highest BCUT2D eigenvalue weighted by molar-refractivity contribution is 7.98. The van der Waals surface area contributed by atoms with Crippen LogP contribution in [0.5, 0.6) is 11.5 Å². The van der Waals surface area contributed by atoms with Crippen molar-refractivity contribution >= 4 is 11.8 Å². The van der Waals surface area contributed by atoms with Gasteiger partial charge in [-0.15, -0.1) is 0 Å². The third kappa shape index (κ3) is 3.80. The van der Waals surface area contributed by atoms with Gasteiger partial charge in [0.2, 0.25) is 0 Å². The predicted molar refractivity (Wildman–Crippen MR) is 72.6 cm³/mol. The zero-order chi connectivity index (χ0) is 12.7. The highest BCUT2D eigenvalue weighted by atomic mass is 32.2. The number of benzene rings is 1. The summed E-state index contributed by atoms with van der Waals surface area (Å²) in [7, 11) is 3.31. The molecule has 4 nitrogen and oxygen atoms in total. The van der Waals surface area contributed by atoms with Crippen molar-refractivity contribution < 1.29 is 9.47 Å². The Bertz CT molecular complexity index is 347. The van der Waals surface area contributed by atoms with Crippen LogP contribution in [-0.4, -0.2) is 26.2 Å². The molecule has 0 aromatic heterocycles. The minimum atomic E-state index is 0.0764. The average Bonchev–Trinajstić information content (AvgIpc) is 2.39. The van der Waals surface area contributed by atoms with Crippen molar-refractivity contribution in [2.45, 2.75) is 12.5 Å². The van der Waals surface area contributed by atoms with Gasteiger partial charge < -0.3 is 9.47 Å². The van der Waals surface area contributed by atoms with Crippen LogP contribution in [-0.2, 0) is 0 Å². The lowest BCUT2D eigenvalue weighted by Crippen LogP contribution is -2.28. The summed E-state index contributed by atoms with van der Waals surface area (Å²) < 4.78 is 10.6. The monoisotopic (exact) mass is 256 g/mol. The van der Waals surface area contributed by atoms with Crippen LogP contribution in [0.4, 0.5) is 0 Å². The van der Waals surface area contributed by atoms with E-state index in [0.29, 0.717) is 0 Å². The SMILES string of the molecule is COc1ccc(OC)c(C(CCSC)NN)c1. The van der Waals surface area contributed by atoms with Crippen LogP contribution in [0.1, 0.15) is 18.0 Å². The first-order chi connectivity index (χ1) is 8.26. The van der Waals surface area contributed by atoms with E-state index in [0.717, 1.165) is 29.2 Å². The zero-order valence-electron chi connectivity index (χ0n) is 10.5. The van der Waals surface area contributed by atoms with E-state index in [1.165, 1.54) is 0 Å². The molecule has 0 amide bonds. The Balaban J connectivity index is 2.97. The number of hydrogen-bond acceptors (Lipinski definition) is 5. The van der Waals surface area contributed by atoms with Gasteiger partial charge in [0.25, 0.3) is 0 Å². The first kappa shape index (κ1) is 14.2. The van der Waals surface area contributed by atoms with E-state index in [-0.39, 0.29) is 6.04 Å². The fourth-order valence-corrected chi connectivity index (χ4v) is 2.15. The Kier molecular flexibility index (Phi) is 6.18. The van der Waals surface area contributed by atoms with Crippen LogP contribution < -0.4 is 20.7 Å². The van der Waals surface area contributed by atoms with Gasteiger partial charge in [0.1, 0.15) is 11.5 Å². The molecule has 0 saturated heterocycles. The Morgan fingerprint density at radius 1 is 1.35 bits per heavy atom. The van der Waals surface area contributed by atoms with Crippen LogP contribution in [0.25, 0.3) is 0 Å². The summed E-state index contributed by atoms with van der Waals surface area (Å²) in [6.07, 6.45) is 3.03. The highest BCUT2D eigenvalue weighted by Gasteiger charge is 2.15. The van der Waals surface area contributed by atoms with Crippen molar-refractivity contribution in [1.29, 1.82) is 0 Å². The Hall–Kier alpha value is -0.910. The van der Waals surface area contributed by atoms with Gasteiger partial charge in [-0.25, -0.2) is 0 Å². The molecule has 0 aliphatic carbocycles. The summed E-state index contributed by atoms with van der Waals surface area (Å²) in [5.41, 5.74) is 3.86. The van der Waals surface area contributed by atoms with Crippen molar-refractivity contribution in [1.82, 2.24) is 5.43 Å². The van der Waals surface area contributed by atoms with E-state index in [1.54, 1.807) is 26.0 Å². The number of methoxy groups -OCH3 is 2. The molecule has 96 valence electrons. The smallest absolute Gasteiger partial charge is 0.123 e. The number of rotatable bonds is 7. The zero-order valence-corrected chi connectivity index (χ0v) is 11.3. The number of nitrogens with one attached hydrogen (secondary N) is 1. The van der Waals surface area contributed by atoms with Gasteiger partial charge >= 0.3 is 0 Å². The predicted octanol–water partition coefficient (Wildman–Crippen LogP) is 1.96. The fraction of sp³-hybridized carbons (Fsp3) is 0.500. The third-order valence-corrected chi connectivity index (χ3v) is 3.27. The summed E-state index contributed by atoms with van der Waals surface area (Å²) in [5, 5.41) is 0. The summed E-state index contributed by atoms with van der Waals surface area (Å²) in [5.74, 6) is 8.28. The molecule has 1 aromatic carbocycles. The van der Waals surface area contributed by atoms with Gasteiger partial charge in [0, 0.05) is 5.56 Å². The molecule has 0 spiro atoms. The maximum Gasteiger partial charge on any atom is 0.123 e. The lowest BCUT2D eigenvalue weighted by atomic mass is 10.0. The number of hydrazine groups is 1. The summed E-state index contributed by atoms with van der Waals surface area (Å²) in [6.45, 7) is 0. The van der Waals surface area contributed by atoms with E-state index >= 15 is 0 Å². The normalized spacial score (nSPS) is 12.2. The van der Waals surface area contributed by atoms with Gasteiger partial charge in [-0.1, -0.05) is 0 Å². The number of nitrogens with two attached hydrogens (primary N) is 1. The van der Waals surface area contributed by atoms with Crippen LogP contribution in [0.3, 0.4) is 0 Å². The molecule has 0 bridgehead atoms. The highest BCUT2D eigenvalue weighted by Crippen LogP contribution is 2.31. The van der Waals surface area contributed by atoms with Crippen molar-refractivity contribution in [2.24, 2.45) is 5.84 Å². The third-order valence-electron chi connectivity index (χ3n) is 2.62. The Morgan fingerprint density at radius 3 is 2.65 bits per heavy atom. The Morgan fingerprint density at radius 2 is 2.12 bits per heavy atom. The van der Waals surface area contributed by atoms with Gasteiger partial charge in [-0.05, 0) is 36.6 Å². The molecule has 0 aliphatic heterocycles. The van der Waals surface area contributed by atoms with E-state index in [9.17, 15) is 0 Å². The first-order valence-corrected chi connectivity index (χ1v) is 6.83. The minimum absolute atomic E-state index is 0.0764.